The second kappa shape index (κ2) is 6.70. The van der Waals surface area contributed by atoms with E-state index in [1.165, 1.54) is 0 Å². The summed E-state index contributed by atoms with van der Waals surface area (Å²) in [5.41, 5.74) is 1.77. The Labute approximate surface area is 80.7 Å². The van der Waals surface area contributed by atoms with Gasteiger partial charge in [-0.25, -0.2) is 4.79 Å². The highest BCUT2D eigenvalue weighted by molar-refractivity contribution is 5.87. The first-order valence-electron chi connectivity index (χ1n) is 5.11. The highest BCUT2D eigenvalue weighted by Gasteiger charge is 2.11. The van der Waals surface area contributed by atoms with Crippen molar-refractivity contribution < 1.29 is 9.90 Å². The molecular weight excluding hydrogens is 164 g/mol. The summed E-state index contributed by atoms with van der Waals surface area (Å²) in [6, 6.07) is 0. The van der Waals surface area contributed by atoms with Gasteiger partial charge in [0.05, 0.1) is 0 Å². The molecule has 0 unspecified atom stereocenters. The average molecular weight is 184 g/mol. The fraction of sp³-hybridized carbons (Fsp3) is 0.727. The molecule has 2 heteroatoms. The van der Waals surface area contributed by atoms with Crippen molar-refractivity contribution in [1.29, 1.82) is 0 Å². The third-order valence-electron chi connectivity index (χ3n) is 2.16. The summed E-state index contributed by atoms with van der Waals surface area (Å²) < 4.78 is 0. The van der Waals surface area contributed by atoms with Crippen LogP contribution >= 0.6 is 0 Å². The van der Waals surface area contributed by atoms with Gasteiger partial charge in [0, 0.05) is 5.57 Å². The third-order valence-corrected chi connectivity index (χ3v) is 2.16. The Bertz CT molecular complexity index is 192. The van der Waals surface area contributed by atoms with Crippen LogP contribution in [0, 0.1) is 0 Å². The van der Waals surface area contributed by atoms with Crippen molar-refractivity contribution in [2.45, 2.75) is 52.9 Å². The van der Waals surface area contributed by atoms with Crippen molar-refractivity contribution in [3.05, 3.63) is 11.1 Å². The largest absolute Gasteiger partial charge is 0.478 e. The Balaban J connectivity index is 4.66. The lowest BCUT2D eigenvalue weighted by Crippen LogP contribution is -2.04. The number of aliphatic carboxylic acids is 1. The lowest BCUT2D eigenvalue weighted by molar-refractivity contribution is -0.132. The SMILES string of the molecule is CCCC(CC)=C(CCC)C(=O)O. The smallest absolute Gasteiger partial charge is 0.331 e. The van der Waals surface area contributed by atoms with Crippen LogP contribution in [0.1, 0.15) is 52.9 Å². The van der Waals surface area contributed by atoms with Crippen LogP contribution in [0.4, 0.5) is 0 Å². The molecular formula is C11H20O2. The number of carboxylic acid groups (broad SMARTS) is 1. The minimum atomic E-state index is -0.729. The summed E-state index contributed by atoms with van der Waals surface area (Å²) in [7, 11) is 0. The zero-order valence-electron chi connectivity index (χ0n) is 8.89. The van der Waals surface area contributed by atoms with Gasteiger partial charge in [-0.3, -0.25) is 0 Å². The monoisotopic (exact) mass is 184 g/mol. The Hall–Kier alpha value is -0.790. The van der Waals surface area contributed by atoms with Gasteiger partial charge in [-0.05, 0) is 19.3 Å². The number of hydrogen-bond acceptors (Lipinski definition) is 1. The molecule has 0 rings (SSSR count). The molecule has 0 atom stereocenters. The number of carbonyl (C=O) groups is 1. The molecule has 13 heavy (non-hydrogen) atoms. The maximum Gasteiger partial charge on any atom is 0.331 e. The third kappa shape index (κ3) is 4.11. The highest BCUT2D eigenvalue weighted by Crippen LogP contribution is 2.19. The fourth-order valence-corrected chi connectivity index (χ4v) is 1.53. The minimum Gasteiger partial charge on any atom is -0.478 e. The van der Waals surface area contributed by atoms with Crippen LogP contribution in [0.5, 0.6) is 0 Å². The first-order valence-corrected chi connectivity index (χ1v) is 5.11. The number of carboxylic acids is 1. The molecule has 0 fully saturated rings. The van der Waals surface area contributed by atoms with Crippen molar-refractivity contribution in [2.75, 3.05) is 0 Å². The van der Waals surface area contributed by atoms with E-state index in [2.05, 4.69) is 6.92 Å². The molecule has 0 radical (unpaired) electrons. The van der Waals surface area contributed by atoms with Crippen molar-refractivity contribution in [3.8, 4) is 0 Å². The van der Waals surface area contributed by atoms with E-state index in [9.17, 15) is 4.79 Å². The van der Waals surface area contributed by atoms with Crippen LogP contribution in [0.25, 0.3) is 0 Å². The predicted octanol–water partition coefficient (Wildman–Crippen LogP) is 3.38. The number of rotatable bonds is 6. The van der Waals surface area contributed by atoms with E-state index in [-0.39, 0.29) is 0 Å². The van der Waals surface area contributed by atoms with Gasteiger partial charge in [0.2, 0.25) is 0 Å². The molecule has 0 aromatic heterocycles. The molecule has 2 nitrogen and oxygen atoms in total. The van der Waals surface area contributed by atoms with Crippen molar-refractivity contribution in [1.82, 2.24) is 0 Å². The van der Waals surface area contributed by atoms with Gasteiger partial charge < -0.3 is 5.11 Å². The normalized spacial score (nSPS) is 12.5. The molecule has 0 bridgehead atoms. The van der Waals surface area contributed by atoms with Crippen LogP contribution < -0.4 is 0 Å². The van der Waals surface area contributed by atoms with Crippen LogP contribution in [0.2, 0.25) is 0 Å². The molecule has 0 aliphatic carbocycles. The summed E-state index contributed by atoms with van der Waals surface area (Å²) in [4.78, 5) is 10.9. The zero-order chi connectivity index (χ0) is 10.3. The fourth-order valence-electron chi connectivity index (χ4n) is 1.53. The average Bonchev–Trinajstić information content (AvgIpc) is 2.10. The van der Waals surface area contributed by atoms with E-state index in [4.69, 9.17) is 5.11 Å². The molecule has 0 amide bonds. The van der Waals surface area contributed by atoms with Crippen LogP contribution in [-0.2, 0) is 4.79 Å². The number of allylic oxidation sites excluding steroid dienone is 1. The standard InChI is InChI=1S/C11H20O2/c1-4-7-9(6-3)10(8-5-2)11(12)13/h4-8H2,1-3H3,(H,12,13). The molecule has 0 aliphatic heterocycles. The summed E-state index contributed by atoms with van der Waals surface area (Å²) in [5, 5.41) is 8.97. The first kappa shape index (κ1) is 12.2. The zero-order valence-corrected chi connectivity index (χ0v) is 8.89. The molecule has 0 saturated heterocycles. The Morgan fingerprint density at radius 1 is 1.08 bits per heavy atom. The molecule has 1 N–H and O–H groups in total. The summed E-state index contributed by atoms with van der Waals surface area (Å²) in [6.07, 6.45) is 4.45. The van der Waals surface area contributed by atoms with E-state index in [0.717, 1.165) is 31.3 Å². The maximum atomic E-state index is 10.9. The molecule has 76 valence electrons. The molecule has 0 aromatic carbocycles. The first-order chi connectivity index (χ1) is 6.17. The van der Waals surface area contributed by atoms with Crippen molar-refractivity contribution in [3.63, 3.8) is 0 Å². The highest BCUT2D eigenvalue weighted by atomic mass is 16.4. The van der Waals surface area contributed by atoms with Gasteiger partial charge in [0.15, 0.2) is 0 Å². The topological polar surface area (TPSA) is 37.3 Å². The number of hydrogen-bond donors (Lipinski definition) is 1. The molecule has 0 saturated carbocycles. The Kier molecular flexibility index (Phi) is 6.29. The van der Waals surface area contributed by atoms with Gasteiger partial charge in [0.1, 0.15) is 0 Å². The van der Waals surface area contributed by atoms with Gasteiger partial charge in [-0.1, -0.05) is 39.2 Å². The summed E-state index contributed by atoms with van der Waals surface area (Å²) >= 11 is 0. The van der Waals surface area contributed by atoms with Crippen LogP contribution in [0.15, 0.2) is 11.1 Å². The summed E-state index contributed by atoms with van der Waals surface area (Å²) in [6.45, 7) is 6.13. The van der Waals surface area contributed by atoms with Crippen molar-refractivity contribution in [2.24, 2.45) is 0 Å². The second-order valence-corrected chi connectivity index (χ2v) is 3.24. The van der Waals surface area contributed by atoms with Gasteiger partial charge in [-0.15, -0.1) is 0 Å². The van der Waals surface area contributed by atoms with Gasteiger partial charge >= 0.3 is 5.97 Å². The van der Waals surface area contributed by atoms with Crippen molar-refractivity contribution >= 4 is 5.97 Å². The van der Waals surface area contributed by atoms with Crippen LogP contribution in [-0.4, -0.2) is 11.1 Å². The van der Waals surface area contributed by atoms with E-state index < -0.39 is 5.97 Å². The predicted molar refractivity (Wildman–Crippen MR) is 54.8 cm³/mol. The van der Waals surface area contributed by atoms with Gasteiger partial charge in [-0.2, -0.15) is 0 Å². The quantitative estimate of drug-likeness (QED) is 0.642. The van der Waals surface area contributed by atoms with E-state index >= 15 is 0 Å². The molecule has 0 aliphatic rings. The second-order valence-electron chi connectivity index (χ2n) is 3.24. The lowest BCUT2D eigenvalue weighted by atomic mass is 9.98. The molecule has 0 spiro atoms. The maximum absolute atomic E-state index is 10.9. The Morgan fingerprint density at radius 2 is 1.62 bits per heavy atom. The van der Waals surface area contributed by atoms with E-state index in [1.807, 2.05) is 13.8 Å². The van der Waals surface area contributed by atoms with Crippen LogP contribution in [0.3, 0.4) is 0 Å². The molecule has 0 heterocycles. The minimum absolute atomic E-state index is 0.645. The Morgan fingerprint density at radius 3 is 1.92 bits per heavy atom. The lowest BCUT2D eigenvalue weighted by Gasteiger charge is -2.08. The molecule has 0 aromatic rings. The van der Waals surface area contributed by atoms with E-state index in [1.54, 1.807) is 0 Å². The van der Waals surface area contributed by atoms with E-state index in [0.29, 0.717) is 12.0 Å². The van der Waals surface area contributed by atoms with Gasteiger partial charge in [0.25, 0.3) is 0 Å². The summed E-state index contributed by atoms with van der Waals surface area (Å²) in [5.74, 6) is -0.729.